The Labute approximate surface area is 143 Å². The predicted octanol–water partition coefficient (Wildman–Crippen LogP) is 2.24. The summed E-state index contributed by atoms with van der Waals surface area (Å²) in [6.45, 7) is 2.78. The van der Waals surface area contributed by atoms with E-state index in [1.807, 2.05) is 35.2 Å². The summed E-state index contributed by atoms with van der Waals surface area (Å²) in [7, 11) is 1.43. The third-order valence-corrected chi connectivity index (χ3v) is 5.24. The summed E-state index contributed by atoms with van der Waals surface area (Å²) in [6, 6.07) is 9.33. The fraction of sp³-hybridized carbons (Fsp3) is 0.579. The van der Waals surface area contributed by atoms with Crippen LogP contribution in [-0.4, -0.2) is 55.0 Å². The van der Waals surface area contributed by atoms with Crippen molar-refractivity contribution in [1.82, 2.24) is 9.80 Å². The molecule has 0 aromatic heterocycles. The summed E-state index contributed by atoms with van der Waals surface area (Å²) in [5.41, 5.74) is 0.944. The van der Waals surface area contributed by atoms with Crippen LogP contribution in [0, 0.1) is 5.92 Å². The molecule has 1 heterocycles. The minimum absolute atomic E-state index is 0.224. The Morgan fingerprint density at radius 3 is 2.25 bits per heavy atom. The molecule has 1 amide bonds. The molecule has 5 heteroatoms. The van der Waals surface area contributed by atoms with E-state index in [1.54, 1.807) is 0 Å². The van der Waals surface area contributed by atoms with Crippen molar-refractivity contribution in [3.63, 3.8) is 0 Å². The molecule has 1 unspecified atom stereocenters. The summed E-state index contributed by atoms with van der Waals surface area (Å²) in [5.74, 6) is 0.292. The van der Waals surface area contributed by atoms with E-state index in [0.29, 0.717) is 32.1 Å². The number of benzene rings is 1. The van der Waals surface area contributed by atoms with Crippen molar-refractivity contribution in [3.05, 3.63) is 35.9 Å². The number of carbonyl (C=O) groups excluding carboxylic acids is 2. The standard InChI is InChI=1S/C19H26N2O3/c1-24-19(23)17(15-7-3-2-4-8-15)20-11-13-21(14-12-20)18(22)16-9-5-6-10-16/h2-4,7-8,16-17H,5-6,9-14H2,1H3. The quantitative estimate of drug-likeness (QED) is 0.795. The first-order chi connectivity index (χ1) is 11.7. The van der Waals surface area contributed by atoms with Gasteiger partial charge in [0.1, 0.15) is 6.04 Å². The van der Waals surface area contributed by atoms with Gasteiger partial charge in [0.25, 0.3) is 0 Å². The molecule has 1 aromatic rings. The van der Waals surface area contributed by atoms with Crippen molar-refractivity contribution in [2.24, 2.45) is 5.92 Å². The SMILES string of the molecule is COC(=O)C(c1ccccc1)N1CCN(C(=O)C2CCCC2)CC1. The van der Waals surface area contributed by atoms with Crippen LogP contribution in [0.2, 0.25) is 0 Å². The molecule has 1 atom stereocenters. The average molecular weight is 330 g/mol. The number of amides is 1. The van der Waals surface area contributed by atoms with E-state index in [0.717, 1.165) is 18.4 Å². The molecule has 2 aliphatic rings. The maximum atomic E-state index is 12.6. The maximum Gasteiger partial charge on any atom is 0.327 e. The molecule has 1 aromatic carbocycles. The third kappa shape index (κ3) is 3.61. The van der Waals surface area contributed by atoms with Gasteiger partial charge in [0.2, 0.25) is 5.91 Å². The van der Waals surface area contributed by atoms with Crippen LogP contribution in [0.4, 0.5) is 0 Å². The van der Waals surface area contributed by atoms with Crippen LogP contribution in [0.15, 0.2) is 30.3 Å². The highest BCUT2D eigenvalue weighted by molar-refractivity contribution is 5.79. The zero-order chi connectivity index (χ0) is 16.9. The first-order valence-corrected chi connectivity index (χ1v) is 8.86. The van der Waals surface area contributed by atoms with E-state index in [-0.39, 0.29) is 17.9 Å². The second-order valence-corrected chi connectivity index (χ2v) is 6.68. The molecule has 0 bridgehead atoms. The van der Waals surface area contributed by atoms with E-state index >= 15 is 0 Å². The number of hydrogen-bond acceptors (Lipinski definition) is 4. The summed E-state index contributed by atoms with van der Waals surface area (Å²) < 4.78 is 5.01. The number of methoxy groups -OCH3 is 1. The Kier molecular flexibility index (Phi) is 5.51. The van der Waals surface area contributed by atoms with Crippen LogP contribution in [0.1, 0.15) is 37.3 Å². The smallest absolute Gasteiger partial charge is 0.327 e. The summed E-state index contributed by atoms with van der Waals surface area (Å²) >= 11 is 0. The van der Waals surface area contributed by atoms with Crippen LogP contribution < -0.4 is 0 Å². The van der Waals surface area contributed by atoms with Gasteiger partial charge in [0, 0.05) is 32.1 Å². The highest BCUT2D eigenvalue weighted by Gasteiger charge is 2.34. The van der Waals surface area contributed by atoms with Crippen LogP contribution in [0.25, 0.3) is 0 Å². The maximum absolute atomic E-state index is 12.6. The Morgan fingerprint density at radius 1 is 1.04 bits per heavy atom. The molecule has 24 heavy (non-hydrogen) atoms. The highest BCUT2D eigenvalue weighted by Crippen LogP contribution is 2.28. The van der Waals surface area contributed by atoms with E-state index in [9.17, 15) is 9.59 Å². The van der Waals surface area contributed by atoms with Crippen LogP contribution in [0.5, 0.6) is 0 Å². The number of piperazine rings is 1. The van der Waals surface area contributed by atoms with Crippen molar-refractivity contribution in [3.8, 4) is 0 Å². The molecule has 0 N–H and O–H groups in total. The van der Waals surface area contributed by atoms with Gasteiger partial charge >= 0.3 is 5.97 Å². The van der Waals surface area contributed by atoms with Gasteiger partial charge in [0.15, 0.2) is 0 Å². The molecule has 130 valence electrons. The van der Waals surface area contributed by atoms with Crippen molar-refractivity contribution >= 4 is 11.9 Å². The lowest BCUT2D eigenvalue weighted by molar-refractivity contribution is -0.149. The minimum Gasteiger partial charge on any atom is -0.468 e. The molecular weight excluding hydrogens is 304 g/mol. The molecule has 0 spiro atoms. The lowest BCUT2D eigenvalue weighted by atomic mass is 10.0. The molecule has 3 rings (SSSR count). The second kappa shape index (κ2) is 7.79. The van der Waals surface area contributed by atoms with E-state index < -0.39 is 0 Å². The normalized spacial score (nSPS) is 20.8. The summed E-state index contributed by atoms with van der Waals surface area (Å²) in [6.07, 6.45) is 4.42. The van der Waals surface area contributed by atoms with Gasteiger partial charge in [-0.15, -0.1) is 0 Å². The van der Waals surface area contributed by atoms with Gasteiger partial charge < -0.3 is 9.64 Å². The Hall–Kier alpha value is -1.88. The number of rotatable bonds is 4. The van der Waals surface area contributed by atoms with Gasteiger partial charge in [0.05, 0.1) is 7.11 Å². The molecule has 0 radical (unpaired) electrons. The van der Waals surface area contributed by atoms with E-state index in [4.69, 9.17) is 4.74 Å². The molecule has 2 fully saturated rings. The van der Waals surface area contributed by atoms with Crippen LogP contribution >= 0.6 is 0 Å². The predicted molar refractivity (Wildman–Crippen MR) is 91.3 cm³/mol. The average Bonchev–Trinajstić information content (AvgIpc) is 3.17. The fourth-order valence-electron chi connectivity index (χ4n) is 3.87. The fourth-order valence-corrected chi connectivity index (χ4v) is 3.87. The summed E-state index contributed by atoms with van der Waals surface area (Å²) in [5, 5.41) is 0. The van der Waals surface area contributed by atoms with Gasteiger partial charge in [-0.05, 0) is 18.4 Å². The van der Waals surface area contributed by atoms with Crippen molar-refractivity contribution < 1.29 is 14.3 Å². The zero-order valence-corrected chi connectivity index (χ0v) is 14.3. The molecule has 5 nitrogen and oxygen atoms in total. The van der Waals surface area contributed by atoms with E-state index in [1.165, 1.54) is 20.0 Å². The van der Waals surface area contributed by atoms with Crippen LogP contribution in [0.3, 0.4) is 0 Å². The number of esters is 1. The number of hydrogen-bond donors (Lipinski definition) is 0. The van der Waals surface area contributed by atoms with E-state index in [2.05, 4.69) is 4.90 Å². The lowest BCUT2D eigenvalue weighted by Crippen LogP contribution is -2.52. The number of nitrogens with zero attached hydrogens (tertiary/aromatic N) is 2. The van der Waals surface area contributed by atoms with Crippen molar-refractivity contribution in [2.45, 2.75) is 31.7 Å². The van der Waals surface area contributed by atoms with Gasteiger partial charge in [-0.2, -0.15) is 0 Å². The van der Waals surface area contributed by atoms with Gasteiger partial charge in [-0.25, -0.2) is 4.79 Å². The first-order valence-electron chi connectivity index (χ1n) is 8.86. The number of ether oxygens (including phenoxy) is 1. The van der Waals surface area contributed by atoms with Crippen molar-refractivity contribution in [2.75, 3.05) is 33.3 Å². The van der Waals surface area contributed by atoms with Gasteiger partial charge in [-0.3, -0.25) is 9.69 Å². The number of carbonyl (C=O) groups is 2. The topological polar surface area (TPSA) is 49.9 Å². The Balaban J connectivity index is 1.65. The molecule has 1 saturated heterocycles. The largest absolute Gasteiger partial charge is 0.468 e. The monoisotopic (exact) mass is 330 g/mol. The van der Waals surface area contributed by atoms with Crippen molar-refractivity contribution in [1.29, 1.82) is 0 Å². The molecule has 1 aliphatic heterocycles. The second-order valence-electron chi connectivity index (χ2n) is 6.68. The van der Waals surface area contributed by atoms with Crippen LogP contribution in [-0.2, 0) is 14.3 Å². The lowest BCUT2D eigenvalue weighted by Gasteiger charge is -2.39. The Bertz CT molecular complexity index is 561. The minimum atomic E-state index is -0.389. The molecule has 1 saturated carbocycles. The zero-order valence-electron chi connectivity index (χ0n) is 14.3. The first kappa shape index (κ1) is 17.0. The highest BCUT2D eigenvalue weighted by atomic mass is 16.5. The molecule has 1 aliphatic carbocycles. The third-order valence-electron chi connectivity index (χ3n) is 5.24. The molecular formula is C19H26N2O3. The summed E-state index contributed by atoms with van der Waals surface area (Å²) in [4.78, 5) is 28.9. The Morgan fingerprint density at radius 2 is 1.67 bits per heavy atom. The van der Waals surface area contributed by atoms with Gasteiger partial charge in [-0.1, -0.05) is 43.2 Å².